The van der Waals surface area contributed by atoms with Crippen LogP contribution in [0.4, 0.5) is 11.4 Å². The minimum Gasteiger partial charge on any atom is -0.490 e. The highest BCUT2D eigenvalue weighted by Gasteiger charge is 2.37. The van der Waals surface area contributed by atoms with Gasteiger partial charge in [-0.15, -0.1) is 0 Å². The second-order valence-electron chi connectivity index (χ2n) is 7.23. The number of carbonyl (C=O) groups is 1. The molecular formula is C20H24N2O4S. The van der Waals surface area contributed by atoms with Crippen LogP contribution in [0.25, 0.3) is 0 Å². The van der Waals surface area contributed by atoms with Crippen LogP contribution < -0.4 is 14.4 Å². The summed E-state index contributed by atoms with van der Waals surface area (Å²) in [5.74, 6) is 0.538. The van der Waals surface area contributed by atoms with Crippen molar-refractivity contribution in [1.82, 2.24) is 0 Å². The van der Waals surface area contributed by atoms with E-state index in [2.05, 4.69) is 4.72 Å². The van der Waals surface area contributed by atoms with E-state index >= 15 is 0 Å². The number of hydrogen-bond acceptors (Lipinski definition) is 4. The van der Waals surface area contributed by atoms with Crippen LogP contribution in [0.1, 0.15) is 27.2 Å². The molecule has 0 saturated carbocycles. The molecule has 1 amide bonds. The summed E-state index contributed by atoms with van der Waals surface area (Å²) in [5, 5.41) is 0. The van der Waals surface area contributed by atoms with Crippen molar-refractivity contribution < 1.29 is 17.9 Å². The smallest absolute Gasteiger partial charge is 0.261 e. The minimum atomic E-state index is -3.71. The lowest BCUT2D eigenvalue weighted by Gasteiger charge is -2.28. The molecule has 0 bridgehead atoms. The Morgan fingerprint density at radius 3 is 2.52 bits per heavy atom. The topological polar surface area (TPSA) is 75.7 Å². The third-order valence-corrected chi connectivity index (χ3v) is 5.81. The molecule has 1 aliphatic rings. The summed E-state index contributed by atoms with van der Waals surface area (Å²) in [6, 6.07) is 13.2. The van der Waals surface area contributed by atoms with Crippen molar-refractivity contribution in [1.29, 1.82) is 0 Å². The quantitative estimate of drug-likeness (QED) is 0.848. The molecule has 2 aromatic rings. The summed E-state index contributed by atoms with van der Waals surface area (Å²) in [5.41, 5.74) is 0.313. The van der Waals surface area contributed by atoms with E-state index in [1.54, 1.807) is 41.3 Å². The molecule has 1 N–H and O–H groups in total. The lowest BCUT2D eigenvalue weighted by molar-refractivity contribution is -0.127. The van der Waals surface area contributed by atoms with Gasteiger partial charge in [0.2, 0.25) is 5.91 Å². The number of benzene rings is 2. The van der Waals surface area contributed by atoms with Crippen LogP contribution in [0, 0.1) is 5.41 Å². The maximum Gasteiger partial charge on any atom is 0.261 e. The number of rotatable bonds is 5. The lowest BCUT2D eigenvalue weighted by Crippen LogP contribution is -2.42. The Labute approximate surface area is 160 Å². The Bertz CT molecular complexity index is 940. The second-order valence-corrected chi connectivity index (χ2v) is 8.91. The van der Waals surface area contributed by atoms with Crippen molar-refractivity contribution in [2.75, 3.05) is 22.8 Å². The molecule has 7 heteroatoms. The summed E-state index contributed by atoms with van der Waals surface area (Å²) in [6.45, 7) is 6.50. The van der Waals surface area contributed by atoms with Crippen LogP contribution in [-0.2, 0) is 14.8 Å². The van der Waals surface area contributed by atoms with Crippen molar-refractivity contribution in [3.8, 4) is 5.75 Å². The van der Waals surface area contributed by atoms with Crippen molar-refractivity contribution in [3.63, 3.8) is 0 Å². The number of hydrogen-bond donors (Lipinski definition) is 1. The average molecular weight is 388 g/mol. The van der Waals surface area contributed by atoms with Gasteiger partial charge in [0.05, 0.1) is 21.7 Å². The third kappa shape index (κ3) is 3.93. The van der Waals surface area contributed by atoms with Gasteiger partial charge in [-0.05, 0) is 50.6 Å². The van der Waals surface area contributed by atoms with Gasteiger partial charge >= 0.3 is 0 Å². The molecule has 0 saturated heterocycles. The molecule has 2 aromatic carbocycles. The third-order valence-electron chi connectivity index (χ3n) is 4.42. The fraction of sp³-hybridized carbons (Fsp3) is 0.350. The van der Waals surface area contributed by atoms with Crippen LogP contribution in [0.3, 0.4) is 0 Å². The Hall–Kier alpha value is -2.54. The number of ether oxygens (including phenoxy) is 1. The zero-order chi connectivity index (χ0) is 19.7. The van der Waals surface area contributed by atoms with Crippen LogP contribution in [0.2, 0.25) is 0 Å². The molecule has 0 spiro atoms. The molecule has 0 aliphatic carbocycles. The first-order chi connectivity index (χ1) is 12.7. The van der Waals surface area contributed by atoms with E-state index in [0.29, 0.717) is 23.7 Å². The van der Waals surface area contributed by atoms with Crippen LogP contribution in [0.15, 0.2) is 53.4 Å². The van der Waals surface area contributed by atoms with Gasteiger partial charge in [-0.1, -0.05) is 25.1 Å². The monoisotopic (exact) mass is 388 g/mol. The second kappa shape index (κ2) is 7.23. The molecule has 0 atom stereocenters. The Balaban J connectivity index is 1.98. The van der Waals surface area contributed by atoms with Crippen LogP contribution in [-0.4, -0.2) is 27.5 Å². The standard InChI is InChI=1S/C20H24N2O4S/c1-4-12-22-17-13-15(21-27(24,25)16-8-6-5-7-9-16)10-11-18(17)26-14-20(2,3)19(22)23/h5-11,13,21H,4,12,14H2,1-3H3. The molecule has 0 unspecified atom stereocenters. The Morgan fingerprint density at radius 1 is 1.15 bits per heavy atom. The minimum absolute atomic E-state index is 0.0360. The van der Waals surface area contributed by atoms with E-state index in [9.17, 15) is 13.2 Å². The first-order valence-electron chi connectivity index (χ1n) is 8.91. The zero-order valence-electron chi connectivity index (χ0n) is 15.7. The largest absolute Gasteiger partial charge is 0.490 e. The van der Waals surface area contributed by atoms with Crippen LogP contribution in [0.5, 0.6) is 5.75 Å². The Morgan fingerprint density at radius 2 is 1.85 bits per heavy atom. The van der Waals surface area contributed by atoms with Crippen molar-refractivity contribution >= 4 is 27.3 Å². The number of amides is 1. The van der Waals surface area contributed by atoms with E-state index in [1.807, 2.05) is 20.8 Å². The normalized spacial score (nSPS) is 16.3. The highest BCUT2D eigenvalue weighted by molar-refractivity contribution is 7.92. The summed E-state index contributed by atoms with van der Waals surface area (Å²) in [4.78, 5) is 14.8. The van der Waals surface area contributed by atoms with Crippen LogP contribution >= 0.6 is 0 Å². The number of fused-ring (bicyclic) bond motifs is 1. The molecule has 3 rings (SSSR count). The van der Waals surface area contributed by atoms with Gasteiger partial charge in [0, 0.05) is 6.54 Å². The van der Waals surface area contributed by atoms with Gasteiger partial charge in [0.15, 0.2) is 0 Å². The highest BCUT2D eigenvalue weighted by Crippen LogP contribution is 2.38. The fourth-order valence-electron chi connectivity index (χ4n) is 2.97. The first-order valence-corrected chi connectivity index (χ1v) is 10.4. The van der Waals surface area contributed by atoms with Crippen molar-refractivity contribution in [2.45, 2.75) is 32.1 Å². The Kier molecular flexibility index (Phi) is 5.15. The SMILES string of the molecule is CCCN1C(=O)C(C)(C)COc2ccc(NS(=O)(=O)c3ccccc3)cc21. The van der Waals surface area contributed by atoms with Crippen molar-refractivity contribution in [3.05, 3.63) is 48.5 Å². The molecule has 6 nitrogen and oxygen atoms in total. The van der Waals surface area contributed by atoms with Gasteiger partial charge in [-0.3, -0.25) is 9.52 Å². The predicted octanol–water partition coefficient (Wildman–Crippen LogP) is 3.65. The van der Waals surface area contributed by atoms with Gasteiger partial charge in [-0.25, -0.2) is 8.42 Å². The number of sulfonamides is 1. The number of carbonyl (C=O) groups excluding carboxylic acids is 1. The summed E-state index contributed by atoms with van der Waals surface area (Å²) in [6.07, 6.45) is 0.779. The van der Waals surface area contributed by atoms with E-state index in [4.69, 9.17) is 4.74 Å². The fourth-order valence-corrected chi connectivity index (χ4v) is 4.04. The zero-order valence-corrected chi connectivity index (χ0v) is 16.5. The van der Waals surface area contributed by atoms with Gasteiger partial charge < -0.3 is 9.64 Å². The predicted molar refractivity (Wildman–Crippen MR) is 106 cm³/mol. The van der Waals surface area contributed by atoms with E-state index < -0.39 is 15.4 Å². The molecule has 0 radical (unpaired) electrons. The van der Waals surface area contributed by atoms with Gasteiger partial charge in [-0.2, -0.15) is 0 Å². The maximum atomic E-state index is 12.9. The lowest BCUT2D eigenvalue weighted by atomic mass is 9.93. The molecule has 1 heterocycles. The molecular weight excluding hydrogens is 364 g/mol. The van der Waals surface area contributed by atoms with Gasteiger partial charge in [0.25, 0.3) is 10.0 Å². The van der Waals surface area contributed by atoms with Gasteiger partial charge in [0.1, 0.15) is 12.4 Å². The van der Waals surface area contributed by atoms with Crippen molar-refractivity contribution in [2.24, 2.45) is 5.41 Å². The molecule has 1 aliphatic heterocycles. The molecule has 0 aromatic heterocycles. The number of anilines is 2. The number of nitrogens with zero attached hydrogens (tertiary/aromatic N) is 1. The highest BCUT2D eigenvalue weighted by atomic mass is 32.2. The molecule has 27 heavy (non-hydrogen) atoms. The summed E-state index contributed by atoms with van der Waals surface area (Å²) < 4.78 is 33.6. The first kappa shape index (κ1) is 19.2. The summed E-state index contributed by atoms with van der Waals surface area (Å²) >= 11 is 0. The average Bonchev–Trinajstić information content (AvgIpc) is 2.73. The van der Waals surface area contributed by atoms with E-state index in [1.165, 1.54) is 12.1 Å². The maximum absolute atomic E-state index is 12.9. The summed E-state index contributed by atoms with van der Waals surface area (Å²) in [7, 11) is -3.71. The van der Waals surface area contributed by atoms with E-state index in [-0.39, 0.29) is 17.4 Å². The number of nitrogens with one attached hydrogen (secondary N) is 1. The van der Waals surface area contributed by atoms with E-state index in [0.717, 1.165) is 6.42 Å². The molecule has 0 fully saturated rings. The molecule has 144 valence electrons.